The number of benzene rings is 1. The summed E-state index contributed by atoms with van der Waals surface area (Å²) in [6, 6.07) is 8.13. The van der Waals surface area contributed by atoms with Crippen LogP contribution >= 0.6 is 36.6 Å². The van der Waals surface area contributed by atoms with Crippen molar-refractivity contribution in [3.63, 3.8) is 0 Å². The number of fused-ring (bicyclic) bond motifs is 1. The third-order valence-electron chi connectivity index (χ3n) is 12.7. The highest BCUT2D eigenvalue weighted by atomic mass is 32.2. The van der Waals surface area contributed by atoms with Gasteiger partial charge in [0.2, 0.25) is 0 Å². The van der Waals surface area contributed by atoms with E-state index in [1.807, 2.05) is 25.1 Å². The molecule has 0 aliphatic rings. The molecule has 0 unspecified atom stereocenters. The number of para-hydroxylation sites is 1. The highest BCUT2D eigenvalue weighted by molar-refractivity contribution is 8.03. The molecule has 2 aromatic rings. The van der Waals surface area contributed by atoms with E-state index < -0.39 is 12.5 Å². The number of hydrogen-bond acceptors (Lipinski definition) is 17. The van der Waals surface area contributed by atoms with E-state index in [1.54, 1.807) is 11.3 Å². The minimum Gasteiger partial charge on any atom is -0.379 e. The largest absolute Gasteiger partial charge is 0.528 e. The van der Waals surface area contributed by atoms with Crippen LogP contribution < -0.4 is 0 Å². The minimum absolute atomic E-state index is 0.237. The van der Waals surface area contributed by atoms with Crippen LogP contribution in [0.3, 0.4) is 0 Å². The molecule has 1 aromatic carbocycles. The zero-order valence-corrected chi connectivity index (χ0v) is 51.7. The Bertz CT molecular complexity index is 1410. The first-order valence-corrected chi connectivity index (χ1v) is 33.4. The minimum atomic E-state index is -3.54. The molecule has 0 aliphatic heterocycles. The third-order valence-corrected chi connectivity index (χ3v) is 18.9. The summed E-state index contributed by atoms with van der Waals surface area (Å²) in [6.45, 7) is 17.7. The standard InChI is InChI=1S/C58H109NO13S3Si/c1-4-7-9-11-13-15-17-19-21-23-27-33-60-35-37-62-39-41-64-43-45-66-47-49-68-51-53-71-76(70-6-3,58(73,74)32-31-57-59-55-29-25-26-30-56(55)75-57)72-54-52-69-50-48-67-46-44-65-42-40-63-38-36-61-34-28-24-22-20-18-16-14-12-10-8-5-2/h25-26,29-30,73-74H,4-24,27-28,31-54H2,1-3H3. The van der Waals surface area contributed by atoms with Gasteiger partial charge in [-0.15, -0.1) is 11.3 Å². The highest BCUT2D eigenvalue weighted by Crippen LogP contribution is 2.39. The molecule has 0 atom stereocenters. The molecule has 0 amide bonds. The van der Waals surface area contributed by atoms with Gasteiger partial charge in [-0.3, -0.25) is 0 Å². The topological polar surface area (TPSA) is 133 Å². The Balaban J connectivity index is 1.52. The fourth-order valence-corrected chi connectivity index (χ4v) is 13.1. The molecule has 0 N–H and O–H groups in total. The van der Waals surface area contributed by atoms with Gasteiger partial charge in [-0.25, -0.2) is 4.98 Å². The molecule has 0 fully saturated rings. The first-order chi connectivity index (χ1) is 37.5. The van der Waals surface area contributed by atoms with Crippen LogP contribution in [0.1, 0.15) is 173 Å². The van der Waals surface area contributed by atoms with Crippen LogP contribution in [-0.2, 0) is 67.1 Å². The normalized spacial score (nSPS) is 12.3. The Morgan fingerprint density at radius 3 is 1.01 bits per heavy atom. The van der Waals surface area contributed by atoms with E-state index in [9.17, 15) is 0 Å². The quantitative estimate of drug-likeness (QED) is 0.0282. The molecule has 0 saturated carbocycles. The first kappa shape index (κ1) is 71.6. The molecule has 2 rings (SSSR count). The van der Waals surface area contributed by atoms with Crippen LogP contribution in [0, 0.1) is 0 Å². The van der Waals surface area contributed by atoms with Crippen molar-refractivity contribution in [2.45, 2.75) is 179 Å². The molecular formula is C58H109NO13S3Si. The summed E-state index contributed by atoms with van der Waals surface area (Å²) >= 11 is 11.8. The first-order valence-electron chi connectivity index (χ1n) is 30.0. The van der Waals surface area contributed by atoms with Crippen molar-refractivity contribution in [3.8, 4) is 0 Å². The van der Waals surface area contributed by atoms with Gasteiger partial charge in [0.25, 0.3) is 0 Å². The van der Waals surface area contributed by atoms with Crippen LogP contribution in [0.15, 0.2) is 24.3 Å². The fraction of sp³-hybridized carbons (Fsp3) is 0.879. The van der Waals surface area contributed by atoms with E-state index in [1.165, 1.54) is 128 Å². The Morgan fingerprint density at radius 2 is 0.684 bits per heavy atom. The highest BCUT2D eigenvalue weighted by Gasteiger charge is 2.57. The van der Waals surface area contributed by atoms with Gasteiger partial charge in [0.15, 0.2) is 0 Å². The zero-order chi connectivity index (χ0) is 54.4. The van der Waals surface area contributed by atoms with Gasteiger partial charge in [0, 0.05) is 26.2 Å². The SMILES string of the molecule is CCCCCCCCCCCCCOCCOCCOCCOCCOCCO[Si](OCC)(OCCOCCOCCOCCOCCOCCCCCCCCCCCCC)C(S)(S)CCc1nc2ccccc2s1. The number of ether oxygens (including phenoxy) is 10. The number of nitrogens with zero attached hydrogens (tertiary/aromatic N) is 1. The molecule has 0 bridgehead atoms. The lowest BCUT2D eigenvalue weighted by Gasteiger charge is -2.39. The van der Waals surface area contributed by atoms with Crippen molar-refractivity contribution >= 4 is 55.6 Å². The molecular weight excluding hydrogens is 1040 g/mol. The van der Waals surface area contributed by atoms with Gasteiger partial charge in [-0.05, 0) is 38.3 Å². The second-order valence-electron chi connectivity index (χ2n) is 19.3. The Labute approximate surface area is 478 Å². The molecule has 0 spiro atoms. The summed E-state index contributed by atoms with van der Waals surface area (Å²) in [6.07, 6.45) is 30.6. The molecule has 0 aliphatic carbocycles. The van der Waals surface area contributed by atoms with E-state index in [0.717, 1.165) is 41.3 Å². The Morgan fingerprint density at radius 1 is 0.382 bits per heavy atom. The van der Waals surface area contributed by atoms with Crippen LogP contribution in [0.2, 0.25) is 0 Å². The van der Waals surface area contributed by atoms with E-state index in [4.69, 9.17) is 90.9 Å². The van der Waals surface area contributed by atoms with Crippen LogP contribution in [0.4, 0.5) is 0 Å². The number of aromatic nitrogens is 1. The molecule has 18 heteroatoms. The van der Waals surface area contributed by atoms with Crippen LogP contribution in [0.25, 0.3) is 10.2 Å². The van der Waals surface area contributed by atoms with Gasteiger partial charge in [-0.2, -0.15) is 25.3 Å². The van der Waals surface area contributed by atoms with Crippen molar-refractivity contribution < 1.29 is 60.6 Å². The fourth-order valence-electron chi connectivity index (χ4n) is 8.29. The smallest absolute Gasteiger partial charge is 0.379 e. The summed E-state index contributed by atoms with van der Waals surface area (Å²) in [5.74, 6) is 0. The zero-order valence-electron chi connectivity index (χ0n) is 48.1. The lowest BCUT2D eigenvalue weighted by atomic mass is 10.1. The van der Waals surface area contributed by atoms with Crippen molar-refractivity contribution in [1.29, 1.82) is 0 Å². The van der Waals surface area contributed by atoms with E-state index >= 15 is 0 Å². The monoisotopic (exact) mass is 1150 g/mol. The van der Waals surface area contributed by atoms with Gasteiger partial charge in [0.05, 0.1) is 147 Å². The number of thiazole rings is 1. The molecule has 14 nitrogen and oxygen atoms in total. The summed E-state index contributed by atoms with van der Waals surface area (Å²) in [7, 11) is -3.54. The van der Waals surface area contributed by atoms with Crippen LogP contribution in [-0.4, -0.2) is 169 Å². The van der Waals surface area contributed by atoms with Crippen molar-refractivity contribution in [1.82, 2.24) is 4.98 Å². The number of aryl methyl sites for hydroxylation is 1. The summed E-state index contributed by atoms with van der Waals surface area (Å²) < 4.78 is 76.7. The number of unbranched alkanes of at least 4 members (excludes halogenated alkanes) is 20. The lowest BCUT2D eigenvalue weighted by Crippen LogP contribution is -2.61. The maximum Gasteiger partial charge on any atom is 0.528 e. The molecule has 0 saturated heterocycles. The number of rotatable bonds is 62. The van der Waals surface area contributed by atoms with E-state index in [-0.39, 0.29) is 13.2 Å². The number of hydrogen-bond donors (Lipinski definition) is 2. The lowest BCUT2D eigenvalue weighted by molar-refractivity contribution is -0.0226. The van der Waals surface area contributed by atoms with Gasteiger partial charge in [0.1, 0.15) is 3.70 Å². The number of thiol groups is 2. The average molecular weight is 1150 g/mol. The molecule has 1 heterocycles. The summed E-state index contributed by atoms with van der Waals surface area (Å²) in [4.78, 5) is 4.82. The van der Waals surface area contributed by atoms with E-state index in [2.05, 4.69) is 19.9 Å². The second kappa shape index (κ2) is 53.8. The Kier molecular flexibility index (Phi) is 50.7. The average Bonchev–Trinajstić information content (AvgIpc) is 3.85. The Hall–Kier alpha value is -0.493. The summed E-state index contributed by atoms with van der Waals surface area (Å²) in [5.41, 5.74) is 0.979. The van der Waals surface area contributed by atoms with Gasteiger partial charge < -0.3 is 60.6 Å². The van der Waals surface area contributed by atoms with Crippen molar-refractivity contribution in [2.75, 3.05) is 152 Å². The maximum atomic E-state index is 6.51. The molecule has 1 aromatic heterocycles. The van der Waals surface area contributed by atoms with Gasteiger partial charge in [-0.1, -0.05) is 154 Å². The van der Waals surface area contributed by atoms with Crippen molar-refractivity contribution in [3.05, 3.63) is 29.3 Å². The predicted molar refractivity (Wildman–Crippen MR) is 319 cm³/mol. The summed E-state index contributed by atoms with van der Waals surface area (Å²) in [5, 5.41) is 0.994. The predicted octanol–water partition coefficient (Wildman–Crippen LogP) is 13.1. The van der Waals surface area contributed by atoms with Crippen LogP contribution in [0.5, 0.6) is 0 Å². The molecule has 76 heavy (non-hydrogen) atoms. The van der Waals surface area contributed by atoms with E-state index in [0.29, 0.717) is 138 Å². The van der Waals surface area contributed by atoms with Crippen molar-refractivity contribution in [2.24, 2.45) is 0 Å². The molecule has 446 valence electrons. The molecule has 0 radical (unpaired) electrons. The maximum absolute atomic E-state index is 6.51. The third kappa shape index (κ3) is 40.6. The van der Waals surface area contributed by atoms with Gasteiger partial charge >= 0.3 is 8.80 Å². The second-order valence-corrected chi connectivity index (χ2v) is 25.9.